The quantitative estimate of drug-likeness (QED) is 0.380. The Balaban J connectivity index is 0. The van der Waals surface area contributed by atoms with E-state index in [0.717, 1.165) is 6.42 Å². The third-order valence-electron chi connectivity index (χ3n) is 3.56. The van der Waals surface area contributed by atoms with Gasteiger partial charge in [0.25, 0.3) is 0 Å². The van der Waals surface area contributed by atoms with E-state index in [4.69, 9.17) is 11.0 Å². The van der Waals surface area contributed by atoms with E-state index >= 15 is 0 Å². The first-order valence-electron chi connectivity index (χ1n) is 6.47. The summed E-state index contributed by atoms with van der Waals surface area (Å²) in [6.07, 6.45) is 6.67. The van der Waals surface area contributed by atoms with Crippen LogP contribution in [0.3, 0.4) is 0 Å². The van der Waals surface area contributed by atoms with Crippen molar-refractivity contribution in [3.63, 3.8) is 0 Å². The van der Waals surface area contributed by atoms with Crippen LogP contribution in [0.4, 0.5) is 0 Å². The summed E-state index contributed by atoms with van der Waals surface area (Å²) in [5.41, 5.74) is 0. The SMILES string of the molecule is [CH-]=CC(CCCCC)O[Si](C)(C)C(C)(C)C.[Li+]. The second-order valence-corrected chi connectivity index (χ2v) is 10.9. The summed E-state index contributed by atoms with van der Waals surface area (Å²) in [6, 6.07) is 0. The van der Waals surface area contributed by atoms with E-state index in [1.807, 2.05) is 0 Å². The molecule has 0 saturated carbocycles. The van der Waals surface area contributed by atoms with Crippen LogP contribution >= 0.6 is 0 Å². The molecule has 0 aliphatic heterocycles. The molecule has 0 aliphatic carbocycles. The molecule has 0 radical (unpaired) electrons. The first-order chi connectivity index (χ1) is 7.24. The molecule has 0 aromatic heterocycles. The van der Waals surface area contributed by atoms with Crippen molar-refractivity contribution in [1.82, 2.24) is 0 Å². The average Bonchev–Trinajstić information content (AvgIpc) is 2.14. The van der Waals surface area contributed by atoms with Crippen LogP contribution in [0, 0.1) is 6.58 Å². The van der Waals surface area contributed by atoms with Crippen LogP contribution in [-0.2, 0) is 4.43 Å². The molecule has 0 amide bonds. The van der Waals surface area contributed by atoms with Gasteiger partial charge in [0, 0.05) is 6.10 Å². The van der Waals surface area contributed by atoms with Gasteiger partial charge in [-0.1, -0.05) is 47.0 Å². The summed E-state index contributed by atoms with van der Waals surface area (Å²) in [5, 5.41) is 0.263. The van der Waals surface area contributed by atoms with Gasteiger partial charge in [0.05, 0.1) is 0 Å². The second kappa shape index (κ2) is 8.59. The molecule has 0 bridgehead atoms. The van der Waals surface area contributed by atoms with E-state index in [1.54, 1.807) is 6.08 Å². The molecule has 0 aromatic rings. The smallest absolute Gasteiger partial charge is 0.515 e. The Morgan fingerprint density at radius 3 is 2.12 bits per heavy atom. The van der Waals surface area contributed by atoms with E-state index in [0.29, 0.717) is 0 Å². The van der Waals surface area contributed by atoms with Gasteiger partial charge in [0.15, 0.2) is 8.32 Å². The number of rotatable bonds is 7. The molecule has 0 rings (SSSR count). The minimum atomic E-state index is -1.66. The number of unbranched alkanes of at least 4 members (excludes halogenated alkanes) is 2. The Kier molecular flexibility index (Phi) is 10.0. The normalized spacial score (nSPS) is 14.0. The zero-order chi connectivity index (χ0) is 12.8. The summed E-state index contributed by atoms with van der Waals surface area (Å²) < 4.78 is 6.26. The Labute approximate surface area is 122 Å². The summed E-state index contributed by atoms with van der Waals surface area (Å²) in [4.78, 5) is 0. The Morgan fingerprint density at radius 1 is 1.24 bits per heavy atom. The summed E-state index contributed by atoms with van der Waals surface area (Å²) in [6.45, 7) is 19.2. The fourth-order valence-electron chi connectivity index (χ4n) is 1.35. The molecule has 0 aromatic carbocycles. The fraction of sp³-hybridized carbons (Fsp3) is 0.857. The van der Waals surface area contributed by atoms with Gasteiger partial charge in [-0.3, -0.25) is 0 Å². The van der Waals surface area contributed by atoms with Crippen LogP contribution in [0.5, 0.6) is 0 Å². The maximum Gasteiger partial charge on any atom is 1.00 e. The zero-order valence-corrected chi connectivity index (χ0v) is 14.0. The van der Waals surface area contributed by atoms with Crippen molar-refractivity contribution in [2.75, 3.05) is 0 Å². The van der Waals surface area contributed by atoms with E-state index in [1.165, 1.54) is 19.3 Å². The molecular weight excluding hydrogens is 219 g/mol. The molecule has 1 atom stereocenters. The van der Waals surface area contributed by atoms with Crippen molar-refractivity contribution in [3.8, 4) is 0 Å². The standard InChI is InChI=1S/C14H29OSi.Li/c1-8-10-11-12-13(9-2)15-16(6,7)14(3,4)5;/h2,9,13H,8,10-12H2,1,3-7H3;/q-1;+1. The van der Waals surface area contributed by atoms with Crippen molar-refractivity contribution in [1.29, 1.82) is 0 Å². The van der Waals surface area contributed by atoms with Gasteiger partial charge in [-0.15, -0.1) is 0 Å². The van der Waals surface area contributed by atoms with Crippen LogP contribution in [0.25, 0.3) is 0 Å². The van der Waals surface area contributed by atoms with Gasteiger partial charge in [-0.05, 0) is 24.6 Å². The predicted octanol–water partition coefficient (Wildman–Crippen LogP) is 1.95. The molecule has 96 valence electrons. The number of hydrogen-bond donors (Lipinski definition) is 0. The molecule has 3 heteroatoms. The Hall–Kier alpha value is 0.514. The molecule has 0 aliphatic rings. The first kappa shape index (κ1) is 19.8. The molecule has 0 fully saturated rings. The molecule has 0 spiro atoms. The topological polar surface area (TPSA) is 9.23 Å². The van der Waals surface area contributed by atoms with Crippen LogP contribution in [0.2, 0.25) is 18.1 Å². The largest absolute Gasteiger partial charge is 1.00 e. The molecule has 0 N–H and O–H groups in total. The van der Waals surface area contributed by atoms with Crippen molar-refractivity contribution in [2.24, 2.45) is 0 Å². The minimum absolute atomic E-state index is 0. The summed E-state index contributed by atoms with van der Waals surface area (Å²) in [5.74, 6) is 0. The molecule has 0 saturated heterocycles. The zero-order valence-electron chi connectivity index (χ0n) is 13.0. The van der Waals surface area contributed by atoms with Crippen molar-refractivity contribution in [2.45, 2.75) is 77.6 Å². The predicted molar refractivity (Wildman–Crippen MR) is 75.1 cm³/mol. The van der Waals surface area contributed by atoms with Crippen molar-refractivity contribution in [3.05, 3.63) is 12.7 Å². The van der Waals surface area contributed by atoms with E-state index < -0.39 is 8.32 Å². The van der Waals surface area contributed by atoms with E-state index in [9.17, 15) is 0 Å². The Morgan fingerprint density at radius 2 is 1.76 bits per heavy atom. The molecule has 0 heterocycles. The van der Waals surface area contributed by atoms with Gasteiger partial charge in [0.2, 0.25) is 0 Å². The Bertz CT molecular complexity index is 209. The van der Waals surface area contributed by atoms with Crippen molar-refractivity contribution < 1.29 is 23.3 Å². The third kappa shape index (κ3) is 7.52. The van der Waals surface area contributed by atoms with Gasteiger partial charge in [-0.25, -0.2) is 6.08 Å². The average molecular weight is 248 g/mol. The van der Waals surface area contributed by atoms with Gasteiger partial charge < -0.3 is 11.0 Å². The van der Waals surface area contributed by atoms with Gasteiger partial charge in [-0.2, -0.15) is 0 Å². The molecule has 17 heavy (non-hydrogen) atoms. The van der Waals surface area contributed by atoms with E-state index in [2.05, 4.69) is 40.8 Å². The number of hydrogen-bond acceptors (Lipinski definition) is 1. The molecule has 1 nitrogen and oxygen atoms in total. The maximum atomic E-state index is 6.26. The third-order valence-corrected chi connectivity index (χ3v) is 8.06. The summed E-state index contributed by atoms with van der Waals surface area (Å²) >= 11 is 0. The van der Waals surface area contributed by atoms with Crippen LogP contribution in [0.15, 0.2) is 6.08 Å². The van der Waals surface area contributed by atoms with E-state index in [-0.39, 0.29) is 30.0 Å². The minimum Gasteiger partial charge on any atom is -0.515 e. The molecule has 1 unspecified atom stereocenters. The van der Waals surface area contributed by atoms with Crippen LogP contribution in [-0.4, -0.2) is 14.4 Å². The van der Waals surface area contributed by atoms with Crippen molar-refractivity contribution >= 4 is 8.32 Å². The van der Waals surface area contributed by atoms with Crippen LogP contribution < -0.4 is 18.9 Å². The van der Waals surface area contributed by atoms with Gasteiger partial charge >= 0.3 is 18.9 Å². The second-order valence-electron chi connectivity index (χ2n) is 6.10. The van der Waals surface area contributed by atoms with Gasteiger partial charge in [0.1, 0.15) is 0 Å². The maximum absolute atomic E-state index is 6.26. The van der Waals surface area contributed by atoms with Crippen LogP contribution in [0.1, 0.15) is 53.4 Å². The fourth-order valence-corrected chi connectivity index (χ4v) is 2.65. The first-order valence-corrected chi connectivity index (χ1v) is 9.38. The summed E-state index contributed by atoms with van der Waals surface area (Å²) in [7, 11) is -1.66. The monoisotopic (exact) mass is 248 g/mol. The molecular formula is C14H29LiOSi.